The number of hydrogen-bond donors (Lipinski definition) is 1. The maximum atomic E-state index is 6.19. The first-order valence-corrected chi connectivity index (χ1v) is 11.1. The van der Waals surface area contributed by atoms with Crippen LogP contribution in [0.25, 0.3) is 5.70 Å². The van der Waals surface area contributed by atoms with Gasteiger partial charge in [-0.05, 0) is 65.3 Å². The van der Waals surface area contributed by atoms with Crippen LogP contribution in [0.5, 0.6) is 0 Å². The summed E-state index contributed by atoms with van der Waals surface area (Å²) in [5, 5.41) is 0. The molecule has 1 aliphatic heterocycles. The van der Waals surface area contributed by atoms with E-state index in [1.807, 2.05) is 6.07 Å². The summed E-state index contributed by atoms with van der Waals surface area (Å²) in [6.45, 7) is 7.44. The highest BCUT2D eigenvalue weighted by atomic mass is 15.1. The molecule has 0 amide bonds. The molecule has 1 heterocycles. The minimum Gasteiger partial charge on any atom is -0.398 e. The van der Waals surface area contributed by atoms with Crippen molar-refractivity contribution in [2.45, 2.75) is 26.3 Å². The van der Waals surface area contributed by atoms with Crippen LogP contribution in [-0.2, 0) is 19.4 Å². The van der Waals surface area contributed by atoms with E-state index in [0.29, 0.717) is 0 Å². The van der Waals surface area contributed by atoms with Gasteiger partial charge in [0.05, 0.1) is 0 Å². The van der Waals surface area contributed by atoms with Crippen molar-refractivity contribution in [1.29, 1.82) is 0 Å². The average Bonchev–Trinajstić information content (AvgIpc) is 2.98. The van der Waals surface area contributed by atoms with E-state index in [-0.39, 0.29) is 0 Å². The molecule has 4 aromatic carbocycles. The van der Waals surface area contributed by atoms with Crippen molar-refractivity contribution in [3.05, 3.63) is 137 Å². The van der Waals surface area contributed by atoms with Gasteiger partial charge in [0.25, 0.3) is 0 Å². The molecule has 1 aliphatic rings. The van der Waals surface area contributed by atoms with Crippen LogP contribution in [0.15, 0.2) is 97.6 Å². The highest BCUT2D eigenvalue weighted by Gasteiger charge is 2.21. The Balaban J connectivity index is 1.44. The molecule has 0 bridgehead atoms. The Morgan fingerprint density at radius 3 is 2.31 bits per heavy atom. The average molecular weight is 417 g/mol. The Morgan fingerprint density at radius 2 is 1.53 bits per heavy atom. The third-order valence-corrected chi connectivity index (χ3v) is 6.42. The third kappa shape index (κ3) is 3.92. The zero-order valence-corrected chi connectivity index (χ0v) is 18.5. The van der Waals surface area contributed by atoms with E-state index >= 15 is 0 Å². The fraction of sp³-hybridized carbons (Fsp3) is 0.133. The highest BCUT2D eigenvalue weighted by Crippen LogP contribution is 2.35. The summed E-state index contributed by atoms with van der Waals surface area (Å²) in [6.07, 6.45) is 1.78. The van der Waals surface area contributed by atoms with Crippen molar-refractivity contribution in [3.8, 4) is 0 Å². The van der Waals surface area contributed by atoms with Crippen molar-refractivity contribution in [3.63, 3.8) is 0 Å². The molecular formula is C30H28N2. The lowest BCUT2D eigenvalue weighted by Gasteiger charge is -2.27. The minimum absolute atomic E-state index is 0.827. The van der Waals surface area contributed by atoms with Crippen molar-refractivity contribution < 1.29 is 0 Å². The van der Waals surface area contributed by atoms with E-state index in [1.54, 1.807) is 0 Å². The van der Waals surface area contributed by atoms with Crippen LogP contribution in [0.2, 0.25) is 0 Å². The first-order valence-electron chi connectivity index (χ1n) is 11.1. The molecule has 0 spiro atoms. The number of nitrogens with two attached hydrogens (primary N) is 1. The molecule has 0 radical (unpaired) electrons. The number of fused-ring (bicyclic) bond motifs is 2. The Morgan fingerprint density at radius 1 is 0.844 bits per heavy atom. The number of nitrogens with zero attached hydrogens (tertiary/aromatic N) is 1. The van der Waals surface area contributed by atoms with Crippen LogP contribution >= 0.6 is 0 Å². The highest BCUT2D eigenvalue weighted by molar-refractivity contribution is 5.80. The Kier molecular flexibility index (Phi) is 5.28. The fourth-order valence-corrected chi connectivity index (χ4v) is 4.59. The Hall–Kier alpha value is -3.78. The van der Waals surface area contributed by atoms with Crippen LogP contribution in [-0.4, -0.2) is 0 Å². The van der Waals surface area contributed by atoms with Crippen LogP contribution in [0.1, 0.15) is 38.9 Å². The number of para-hydroxylation sites is 1. The number of aryl methyl sites for hydroxylation is 1. The van der Waals surface area contributed by atoms with Crippen LogP contribution in [0, 0.1) is 6.92 Å². The van der Waals surface area contributed by atoms with Crippen molar-refractivity contribution >= 4 is 17.1 Å². The lowest BCUT2D eigenvalue weighted by Crippen LogP contribution is -2.20. The first-order chi connectivity index (χ1) is 15.6. The molecule has 2 nitrogen and oxygen atoms in total. The van der Waals surface area contributed by atoms with Gasteiger partial charge in [0.1, 0.15) is 0 Å². The summed E-state index contributed by atoms with van der Waals surface area (Å²) in [5.41, 5.74) is 18.2. The summed E-state index contributed by atoms with van der Waals surface area (Å²) in [4.78, 5) is 2.36. The van der Waals surface area contributed by atoms with Gasteiger partial charge in [0, 0.05) is 23.6 Å². The number of anilines is 2. The largest absolute Gasteiger partial charge is 0.398 e. The number of nitrogen functional groups attached to an aromatic ring is 1. The van der Waals surface area contributed by atoms with Gasteiger partial charge in [-0.15, -0.1) is 0 Å². The van der Waals surface area contributed by atoms with Crippen LogP contribution in [0.3, 0.4) is 0 Å². The summed E-state index contributed by atoms with van der Waals surface area (Å²) in [7, 11) is 0. The zero-order valence-electron chi connectivity index (χ0n) is 18.5. The lowest BCUT2D eigenvalue weighted by molar-refractivity contribution is 0.986. The molecular weight excluding hydrogens is 388 g/mol. The third-order valence-electron chi connectivity index (χ3n) is 6.42. The molecule has 0 saturated carbocycles. The minimum atomic E-state index is 0.827. The van der Waals surface area contributed by atoms with Gasteiger partial charge < -0.3 is 10.6 Å². The van der Waals surface area contributed by atoms with Crippen LogP contribution < -0.4 is 10.6 Å². The molecule has 32 heavy (non-hydrogen) atoms. The van der Waals surface area contributed by atoms with E-state index < -0.39 is 0 Å². The summed E-state index contributed by atoms with van der Waals surface area (Å²) in [5.74, 6) is 0. The predicted molar refractivity (Wildman–Crippen MR) is 136 cm³/mol. The molecule has 2 N–H and O–H groups in total. The summed E-state index contributed by atoms with van der Waals surface area (Å²) >= 11 is 0. The second kappa shape index (κ2) is 8.39. The molecule has 158 valence electrons. The Labute approximate surface area is 190 Å². The van der Waals surface area contributed by atoms with E-state index in [4.69, 9.17) is 5.73 Å². The number of rotatable bonds is 4. The Bertz CT molecular complexity index is 1280. The van der Waals surface area contributed by atoms with Gasteiger partial charge in [-0.2, -0.15) is 0 Å². The van der Waals surface area contributed by atoms with Gasteiger partial charge in [0.2, 0.25) is 0 Å². The summed E-state index contributed by atoms with van der Waals surface area (Å²) in [6, 6.07) is 32.4. The van der Waals surface area contributed by atoms with Gasteiger partial charge >= 0.3 is 0 Å². The van der Waals surface area contributed by atoms with Crippen molar-refractivity contribution in [1.82, 2.24) is 0 Å². The SMILES string of the molecule is C=C(c1ccc(Cc2cc(C)ccc2N)cc1)N1Cc2ccccc2Cc2ccccc21. The standard InChI is InChI=1S/C30H28N2/c1-21-11-16-29(31)28(17-21)18-23-12-14-24(15-13-23)22(2)32-20-27-9-4-3-7-25(27)19-26-8-5-6-10-30(26)32/h3-17H,2,18-20,31H2,1H3. The number of benzene rings is 4. The maximum absolute atomic E-state index is 6.19. The van der Waals surface area contributed by atoms with Gasteiger partial charge in [0.15, 0.2) is 0 Å². The topological polar surface area (TPSA) is 29.3 Å². The van der Waals surface area contributed by atoms with E-state index in [0.717, 1.165) is 36.3 Å². The molecule has 0 fully saturated rings. The van der Waals surface area contributed by atoms with Gasteiger partial charge in [-0.25, -0.2) is 0 Å². The molecule has 0 saturated heterocycles. The second-order valence-corrected chi connectivity index (χ2v) is 8.68. The normalized spacial score (nSPS) is 12.6. The van der Waals surface area contributed by atoms with E-state index in [9.17, 15) is 0 Å². The molecule has 0 unspecified atom stereocenters. The predicted octanol–water partition coefficient (Wildman–Crippen LogP) is 6.75. The van der Waals surface area contributed by atoms with Gasteiger partial charge in [-0.3, -0.25) is 0 Å². The molecule has 0 aliphatic carbocycles. The molecule has 0 aromatic heterocycles. The van der Waals surface area contributed by atoms with Crippen molar-refractivity contribution in [2.24, 2.45) is 0 Å². The molecule has 4 aromatic rings. The fourth-order valence-electron chi connectivity index (χ4n) is 4.59. The monoisotopic (exact) mass is 416 g/mol. The first kappa shape index (κ1) is 20.1. The molecule has 2 heteroatoms. The quantitative estimate of drug-likeness (QED) is 0.373. The van der Waals surface area contributed by atoms with E-state index in [1.165, 1.54) is 39.1 Å². The number of hydrogen-bond acceptors (Lipinski definition) is 2. The van der Waals surface area contributed by atoms with E-state index in [2.05, 4.69) is 103 Å². The van der Waals surface area contributed by atoms with Crippen LogP contribution in [0.4, 0.5) is 11.4 Å². The lowest BCUT2D eigenvalue weighted by atomic mass is 9.99. The second-order valence-electron chi connectivity index (χ2n) is 8.68. The molecule has 5 rings (SSSR count). The molecule has 0 atom stereocenters. The smallest absolute Gasteiger partial charge is 0.0484 e. The van der Waals surface area contributed by atoms with Gasteiger partial charge in [-0.1, -0.05) is 91.0 Å². The zero-order chi connectivity index (χ0) is 22.1. The summed E-state index contributed by atoms with van der Waals surface area (Å²) < 4.78 is 0. The van der Waals surface area contributed by atoms with Crippen molar-refractivity contribution in [2.75, 3.05) is 10.6 Å². The maximum Gasteiger partial charge on any atom is 0.0484 e.